The zero-order valence-corrected chi connectivity index (χ0v) is 17.3. The summed E-state index contributed by atoms with van der Waals surface area (Å²) in [6.07, 6.45) is -1.60. The Morgan fingerprint density at radius 3 is 2.58 bits per heavy atom. The molecule has 5 rings (SSSR count). The van der Waals surface area contributed by atoms with Crippen LogP contribution in [0.1, 0.15) is 29.1 Å². The summed E-state index contributed by atoms with van der Waals surface area (Å²) >= 11 is 0. The molecule has 0 aliphatic heterocycles. The van der Waals surface area contributed by atoms with E-state index in [9.17, 15) is 5.26 Å². The van der Waals surface area contributed by atoms with Gasteiger partial charge in [-0.05, 0) is 53.7 Å². The average Bonchev–Trinajstić information content (AvgIpc) is 3.22. The van der Waals surface area contributed by atoms with Crippen LogP contribution in [0.25, 0.3) is 44.3 Å². The Labute approximate surface area is 185 Å². The van der Waals surface area contributed by atoms with Crippen molar-refractivity contribution >= 4 is 21.9 Å². The Kier molecular flexibility index (Phi) is 3.96. The van der Waals surface area contributed by atoms with E-state index in [1.54, 1.807) is 6.07 Å². The number of hydrogen-bond acceptors (Lipinski definition) is 3. The zero-order valence-electron chi connectivity index (χ0n) is 20.3. The standard InChI is InChI=1S/C28H22N2O/c1-18(2)15-19-13-14-30-25(16-19)24-10-6-9-22-23-12-11-21(17-29)26(28(23)31-27(22)24)20-7-4-3-5-8-20/h3-14,16,18H,15H2,1-2H3/i14D,15D2. The molecule has 0 amide bonds. The van der Waals surface area contributed by atoms with Gasteiger partial charge in [-0.3, -0.25) is 4.98 Å². The Bertz CT molecular complexity index is 1580. The Balaban J connectivity index is 1.81. The molecule has 0 fully saturated rings. The zero-order chi connectivity index (χ0) is 24.0. The number of para-hydroxylation sites is 1. The molecule has 0 aliphatic rings. The molecule has 150 valence electrons. The molecule has 5 aromatic rings. The van der Waals surface area contributed by atoms with Gasteiger partial charge >= 0.3 is 0 Å². The van der Waals surface area contributed by atoms with E-state index in [0.29, 0.717) is 33.6 Å². The van der Waals surface area contributed by atoms with E-state index in [1.807, 2.05) is 74.5 Å². The molecule has 3 aromatic carbocycles. The van der Waals surface area contributed by atoms with E-state index in [4.69, 9.17) is 8.53 Å². The third-order valence-corrected chi connectivity index (χ3v) is 5.28. The van der Waals surface area contributed by atoms with Gasteiger partial charge in [0.05, 0.1) is 18.7 Å². The first-order valence-corrected chi connectivity index (χ1v) is 10.2. The molecule has 0 bridgehead atoms. The van der Waals surface area contributed by atoms with Crippen LogP contribution >= 0.6 is 0 Å². The number of nitrogens with zero attached hydrogens (tertiary/aromatic N) is 2. The average molecular weight is 406 g/mol. The van der Waals surface area contributed by atoms with Crippen LogP contribution < -0.4 is 0 Å². The molecule has 0 aliphatic carbocycles. The largest absolute Gasteiger partial charge is 0.455 e. The second-order valence-corrected chi connectivity index (χ2v) is 7.80. The normalized spacial score (nSPS) is 13.2. The predicted molar refractivity (Wildman–Crippen MR) is 126 cm³/mol. The summed E-state index contributed by atoms with van der Waals surface area (Å²) in [6, 6.07) is 24.6. The van der Waals surface area contributed by atoms with Crippen molar-refractivity contribution in [2.75, 3.05) is 0 Å². The fraction of sp³-hybridized carbons (Fsp3) is 0.143. The number of furan rings is 1. The summed E-state index contributed by atoms with van der Waals surface area (Å²) in [4.78, 5) is 4.40. The van der Waals surface area contributed by atoms with Crippen molar-refractivity contribution < 1.29 is 8.53 Å². The number of pyridine rings is 1. The van der Waals surface area contributed by atoms with E-state index in [0.717, 1.165) is 21.9 Å². The number of rotatable bonds is 4. The highest BCUT2D eigenvalue weighted by Gasteiger charge is 2.18. The molecule has 2 aromatic heterocycles. The quantitative estimate of drug-likeness (QED) is 0.313. The van der Waals surface area contributed by atoms with Crippen LogP contribution in [0.5, 0.6) is 0 Å². The maximum absolute atomic E-state index is 9.77. The Morgan fingerprint density at radius 1 is 1.00 bits per heavy atom. The second kappa shape index (κ2) is 7.74. The summed E-state index contributed by atoms with van der Waals surface area (Å²) < 4.78 is 31.6. The Morgan fingerprint density at radius 2 is 1.81 bits per heavy atom. The molecular formula is C28H22N2O. The first kappa shape index (κ1) is 15.9. The van der Waals surface area contributed by atoms with Crippen molar-refractivity contribution in [3.8, 4) is 28.5 Å². The molecule has 3 heteroatoms. The fourth-order valence-electron chi connectivity index (χ4n) is 4.00. The van der Waals surface area contributed by atoms with Crippen LogP contribution in [0.3, 0.4) is 0 Å². The summed E-state index contributed by atoms with van der Waals surface area (Å²) in [5.41, 5.74) is 4.96. The molecule has 0 atom stereocenters. The lowest BCUT2D eigenvalue weighted by Crippen LogP contribution is -1.95. The molecule has 0 spiro atoms. The van der Waals surface area contributed by atoms with Crippen LogP contribution in [-0.2, 0) is 6.37 Å². The fourth-order valence-corrected chi connectivity index (χ4v) is 4.00. The van der Waals surface area contributed by atoms with Gasteiger partial charge in [0.2, 0.25) is 0 Å². The highest BCUT2D eigenvalue weighted by molar-refractivity contribution is 6.13. The predicted octanol–water partition coefficient (Wildman–Crippen LogP) is 7.39. The first-order chi connectivity index (χ1) is 16.3. The molecule has 3 nitrogen and oxygen atoms in total. The molecule has 2 heterocycles. The molecule has 0 saturated carbocycles. The smallest absolute Gasteiger partial charge is 0.144 e. The molecule has 0 N–H and O–H groups in total. The van der Waals surface area contributed by atoms with Gasteiger partial charge in [0.1, 0.15) is 11.2 Å². The van der Waals surface area contributed by atoms with Crippen LogP contribution in [0.2, 0.25) is 0 Å². The summed E-state index contributed by atoms with van der Waals surface area (Å²) in [5.74, 6) is -0.262. The minimum Gasteiger partial charge on any atom is -0.455 e. The minimum atomic E-state index is -1.60. The van der Waals surface area contributed by atoms with Gasteiger partial charge in [-0.2, -0.15) is 5.26 Å². The number of aromatic nitrogens is 1. The van der Waals surface area contributed by atoms with Crippen molar-refractivity contribution in [3.63, 3.8) is 0 Å². The van der Waals surface area contributed by atoms with Crippen molar-refractivity contribution in [1.82, 2.24) is 4.98 Å². The van der Waals surface area contributed by atoms with E-state index in [1.165, 1.54) is 6.07 Å². The topological polar surface area (TPSA) is 49.8 Å². The molecule has 0 radical (unpaired) electrons. The van der Waals surface area contributed by atoms with E-state index < -0.39 is 6.37 Å². The van der Waals surface area contributed by atoms with Crippen molar-refractivity contribution in [2.45, 2.75) is 20.2 Å². The van der Waals surface area contributed by atoms with Crippen LogP contribution in [-0.4, -0.2) is 4.98 Å². The number of hydrogen-bond donors (Lipinski definition) is 0. The van der Waals surface area contributed by atoms with Crippen LogP contribution in [0, 0.1) is 17.2 Å². The SMILES string of the molecule is [2H]c1cc(C([2H])([2H])C(C)C)cc(-c2cccc3c2oc2c(-c4ccccc4)c(C#N)ccc23)n1. The maximum Gasteiger partial charge on any atom is 0.144 e. The maximum atomic E-state index is 9.77. The van der Waals surface area contributed by atoms with Crippen LogP contribution in [0.4, 0.5) is 0 Å². The molecule has 0 unspecified atom stereocenters. The van der Waals surface area contributed by atoms with E-state index >= 15 is 0 Å². The third-order valence-electron chi connectivity index (χ3n) is 5.28. The second-order valence-electron chi connectivity index (χ2n) is 7.80. The van der Waals surface area contributed by atoms with Gasteiger partial charge in [0.15, 0.2) is 0 Å². The van der Waals surface area contributed by atoms with Crippen molar-refractivity contribution in [1.29, 1.82) is 5.26 Å². The highest BCUT2D eigenvalue weighted by atomic mass is 16.3. The summed E-state index contributed by atoms with van der Waals surface area (Å²) in [6.45, 7) is 3.64. The van der Waals surface area contributed by atoms with Gasteiger partial charge in [-0.1, -0.05) is 56.3 Å². The van der Waals surface area contributed by atoms with E-state index in [-0.39, 0.29) is 12.1 Å². The minimum absolute atomic E-state index is 0.00174. The van der Waals surface area contributed by atoms with Crippen LogP contribution in [0.15, 0.2) is 83.4 Å². The summed E-state index contributed by atoms with van der Waals surface area (Å²) in [7, 11) is 0. The molecule has 0 saturated heterocycles. The van der Waals surface area contributed by atoms with Gasteiger partial charge in [0, 0.05) is 30.8 Å². The van der Waals surface area contributed by atoms with E-state index in [2.05, 4.69) is 11.1 Å². The monoisotopic (exact) mass is 405 g/mol. The lowest BCUT2D eigenvalue weighted by atomic mass is 9.97. The number of nitriles is 1. The van der Waals surface area contributed by atoms with Gasteiger partial charge < -0.3 is 4.42 Å². The lowest BCUT2D eigenvalue weighted by molar-refractivity contribution is 0.647. The van der Waals surface area contributed by atoms with Gasteiger partial charge in [-0.15, -0.1) is 0 Å². The molecular weight excluding hydrogens is 380 g/mol. The number of benzene rings is 3. The third kappa shape index (κ3) is 3.37. The van der Waals surface area contributed by atoms with Gasteiger partial charge in [-0.25, -0.2) is 0 Å². The highest BCUT2D eigenvalue weighted by Crippen LogP contribution is 2.40. The Hall–Kier alpha value is -3.90. The van der Waals surface area contributed by atoms with Crippen molar-refractivity contribution in [3.05, 3.63) is 90.1 Å². The van der Waals surface area contributed by atoms with Gasteiger partial charge in [0.25, 0.3) is 0 Å². The summed E-state index contributed by atoms with van der Waals surface area (Å²) in [5, 5.41) is 11.5. The number of fused-ring (bicyclic) bond motifs is 3. The van der Waals surface area contributed by atoms with Crippen molar-refractivity contribution in [2.24, 2.45) is 5.92 Å². The first-order valence-electron chi connectivity index (χ1n) is 11.7. The lowest BCUT2D eigenvalue weighted by Gasteiger charge is -2.07. The molecule has 31 heavy (non-hydrogen) atoms.